The molecule has 0 atom stereocenters. The number of rotatable bonds is 9. The first-order valence-electron chi connectivity index (χ1n) is 10.2. The number of methoxy groups -OCH3 is 2. The van der Waals surface area contributed by atoms with Gasteiger partial charge in [-0.1, -0.05) is 17.7 Å². The van der Waals surface area contributed by atoms with E-state index in [9.17, 15) is 13.2 Å². The summed E-state index contributed by atoms with van der Waals surface area (Å²) in [6.45, 7) is 5.20. The van der Waals surface area contributed by atoms with Crippen molar-refractivity contribution >= 4 is 38.9 Å². The summed E-state index contributed by atoms with van der Waals surface area (Å²) in [5.74, 6) is 0.595. The summed E-state index contributed by atoms with van der Waals surface area (Å²) in [6.07, 6.45) is 2.62. The molecule has 0 radical (unpaired) electrons. The van der Waals surface area contributed by atoms with Crippen LogP contribution in [0.2, 0.25) is 4.34 Å². The van der Waals surface area contributed by atoms with Gasteiger partial charge >= 0.3 is 0 Å². The Balaban J connectivity index is 1.67. The maximum Gasteiger partial charge on any atom is 0.243 e. The highest BCUT2D eigenvalue weighted by atomic mass is 35.5. The molecule has 3 rings (SSSR count). The molecule has 2 aromatic rings. The molecule has 0 unspecified atom stereocenters. The maximum absolute atomic E-state index is 13.1. The number of nitrogens with zero attached hydrogens (tertiary/aromatic N) is 2. The molecule has 7 nitrogen and oxygen atoms in total. The highest BCUT2D eigenvalue weighted by Crippen LogP contribution is 2.32. The number of piperidine rings is 1. The smallest absolute Gasteiger partial charge is 0.243 e. The fraction of sp³-hybridized carbons (Fsp3) is 0.409. The van der Waals surface area contributed by atoms with E-state index in [0.717, 1.165) is 4.88 Å². The van der Waals surface area contributed by atoms with Gasteiger partial charge in [0.05, 0.1) is 30.0 Å². The van der Waals surface area contributed by atoms with Crippen LogP contribution >= 0.6 is 22.9 Å². The Morgan fingerprint density at radius 1 is 1.22 bits per heavy atom. The van der Waals surface area contributed by atoms with Crippen LogP contribution in [0.3, 0.4) is 0 Å². The number of carbonyl (C=O) groups is 1. The molecule has 0 saturated carbocycles. The summed E-state index contributed by atoms with van der Waals surface area (Å²) in [4.78, 5) is 16.0. The predicted octanol–water partition coefficient (Wildman–Crippen LogP) is 4.03. The normalized spacial score (nSPS) is 15.3. The molecular formula is C22H27ClN2O5S2. The molecule has 1 amide bonds. The van der Waals surface area contributed by atoms with Gasteiger partial charge in [0.2, 0.25) is 15.9 Å². The minimum atomic E-state index is -3.70. The number of hydrogen-bond donors (Lipinski definition) is 0. The Morgan fingerprint density at radius 3 is 2.47 bits per heavy atom. The molecule has 174 valence electrons. The van der Waals surface area contributed by atoms with Gasteiger partial charge in [0.25, 0.3) is 0 Å². The number of thiophene rings is 1. The zero-order chi connectivity index (χ0) is 23.3. The first-order valence-corrected chi connectivity index (χ1v) is 12.8. The summed E-state index contributed by atoms with van der Waals surface area (Å²) in [6, 6.07) is 8.27. The number of sulfonamides is 1. The SMILES string of the molecule is C=CCN(Cc1ccc(Cl)s1)C(=O)C1CCN(S(=O)(=O)c2ccc(OC)c(OC)c2)CC1. The molecule has 1 aromatic heterocycles. The Kier molecular flexibility index (Phi) is 8.21. The topological polar surface area (TPSA) is 76.2 Å². The lowest BCUT2D eigenvalue weighted by molar-refractivity contribution is -0.136. The molecule has 0 spiro atoms. The predicted molar refractivity (Wildman–Crippen MR) is 126 cm³/mol. The average molecular weight is 499 g/mol. The summed E-state index contributed by atoms with van der Waals surface area (Å²) in [5.41, 5.74) is 0. The zero-order valence-electron chi connectivity index (χ0n) is 18.1. The van der Waals surface area contributed by atoms with E-state index in [0.29, 0.717) is 41.8 Å². The van der Waals surface area contributed by atoms with Crippen LogP contribution in [0, 0.1) is 5.92 Å². The molecule has 10 heteroatoms. The van der Waals surface area contributed by atoms with E-state index >= 15 is 0 Å². The van der Waals surface area contributed by atoms with Crippen molar-refractivity contribution in [2.24, 2.45) is 5.92 Å². The third-order valence-corrected chi connectivity index (χ3v) is 8.54. The van der Waals surface area contributed by atoms with Gasteiger partial charge < -0.3 is 14.4 Å². The largest absolute Gasteiger partial charge is 0.493 e. The lowest BCUT2D eigenvalue weighted by Crippen LogP contribution is -2.44. The van der Waals surface area contributed by atoms with E-state index in [4.69, 9.17) is 21.1 Å². The van der Waals surface area contributed by atoms with Gasteiger partial charge in [-0.15, -0.1) is 17.9 Å². The number of benzene rings is 1. The number of amides is 1. The summed E-state index contributed by atoms with van der Waals surface area (Å²) >= 11 is 7.46. The van der Waals surface area contributed by atoms with Crippen molar-refractivity contribution in [2.75, 3.05) is 33.9 Å². The van der Waals surface area contributed by atoms with Crippen LogP contribution in [-0.4, -0.2) is 57.4 Å². The monoisotopic (exact) mass is 498 g/mol. The second kappa shape index (κ2) is 10.7. The Labute approximate surface area is 198 Å². The highest BCUT2D eigenvalue weighted by Gasteiger charge is 2.34. The molecule has 2 heterocycles. The molecular weight excluding hydrogens is 472 g/mol. The lowest BCUT2D eigenvalue weighted by Gasteiger charge is -2.33. The highest BCUT2D eigenvalue weighted by molar-refractivity contribution is 7.89. The van der Waals surface area contributed by atoms with Crippen molar-refractivity contribution in [2.45, 2.75) is 24.3 Å². The average Bonchev–Trinajstić information content (AvgIpc) is 3.22. The van der Waals surface area contributed by atoms with Gasteiger partial charge in [-0.2, -0.15) is 4.31 Å². The van der Waals surface area contributed by atoms with Crippen LogP contribution in [0.4, 0.5) is 0 Å². The summed E-state index contributed by atoms with van der Waals surface area (Å²) < 4.78 is 38.8. The standard InChI is InChI=1S/C22H27ClN2O5S2/c1-4-11-24(15-17-5-8-21(23)31-17)22(26)16-9-12-25(13-10-16)32(27,28)18-6-7-19(29-2)20(14-18)30-3/h4-8,14,16H,1,9-13,15H2,2-3H3. The maximum atomic E-state index is 13.1. The van der Waals surface area contributed by atoms with E-state index in [2.05, 4.69) is 6.58 Å². The molecule has 1 aliphatic rings. The molecule has 1 aliphatic heterocycles. The van der Waals surface area contributed by atoms with Gasteiger partial charge in [0.15, 0.2) is 11.5 Å². The van der Waals surface area contributed by atoms with E-state index < -0.39 is 10.0 Å². The van der Waals surface area contributed by atoms with Crippen LogP contribution in [-0.2, 0) is 21.4 Å². The quantitative estimate of drug-likeness (QED) is 0.488. The van der Waals surface area contributed by atoms with Gasteiger partial charge in [-0.3, -0.25) is 4.79 Å². The summed E-state index contributed by atoms with van der Waals surface area (Å²) in [7, 11) is -0.742. The van der Waals surface area contributed by atoms with Crippen LogP contribution in [0.1, 0.15) is 17.7 Å². The van der Waals surface area contributed by atoms with Gasteiger partial charge in [-0.25, -0.2) is 8.42 Å². The van der Waals surface area contributed by atoms with E-state index in [1.165, 1.54) is 42.0 Å². The van der Waals surface area contributed by atoms with Crippen molar-refractivity contribution < 1.29 is 22.7 Å². The van der Waals surface area contributed by atoms with Crippen LogP contribution < -0.4 is 9.47 Å². The molecule has 0 N–H and O–H groups in total. The second-order valence-electron chi connectivity index (χ2n) is 7.41. The van der Waals surface area contributed by atoms with Gasteiger partial charge in [0.1, 0.15) is 0 Å². The number of halogens is 1. The Bertz CT molecular complexity index is 1060. The van der Waals surface area contributed by atoms with Gasteiger partial charge in [0, 0.05) is 36.5 Å². The molecule has 0 aliphatic carbocycles. The van der Waals surface area contributed by atoms with E-state index in [1.807, 2.05) is 12.1 Å². The van der Waals surface area contributed by atoms with Crippen LogP contribution in [0.5, 0.6) is 11.5 Å². The summed E-state index contributed by atoms with van der Waals surface area (Å²) in [5, 5.41) is 0. The van der Waals surface area contributed by atoms with Crippen molar-refractivity contribution in [3.63, 3.8) is 0 Å². The zero-order valence-corrected chi connectivity index (χ0v) is 20.5. The van der Waals surface area contributed by atoms with Crippen LogP contribution in [0.15, 0.2) is 47.9 Å². The van der Waals surface area contributed by atoms with Crippen molar-refractivity contribution in [3.05, 3.63) is 52.2 Å². The second-order valence-corrected chi connectivity index (χ2v) is 11.1. The third kappa shape index (κ3) is 5.46. The molecule has 0 bridgehead atoms. The first kappa shape index (κ1) is 24.6. The molecule has 32 heavy (non-hydrogen) atoms. The first-order chi connectivity index (χ1) is 15.3. The third-order valence-electron chi connectivity index (χ3n) is 5.43. The number of ether oxygens (including phenoxy) is 2. The van der Waals surface area contributed by atoms with Crippen LogP contribution in [0.25, 0.3) is 0 Å². The van der Waals surface area contributed by atoms with E-state index in [1.54, 1.807) is 17.0 Å². The van der Waals surface area contributed by atoms with Crippen molar-refractivity contribution in [1.29, 1.82) is 0 Å². The number of carbonyl (C=O) groups excluding carboxylic acids is 1. The Hall–Kier alpha value is -2.07. The number of hydrogen-bond acceptors (Lipinski definition) is 6. The van der Waals surface area contributed by atoms with E-state index in [-0.39, 0.29) is 29.8 Å². The Morgan fingerprint density at radius 2 is 1.91 bits per heavy atom. The van der Waals surface area contributed by atoms with Crippen molar-refractivity contribution in [3.8, 4) is 11.5 Å². The van der Waals surface area contributed by atoms with Crippen molar-refractivity contribution in [1.82, 2.24) is 9.21 Å². The molecule has 1 fully saturated rings. The lowest BCUT2D eigenvalue weighted by atomic mass is 9.96. The minimum absolute atomic E-state index is 0.0117. The molecule has 1 aromatic carbocycles. The fourth-order valence-corrected chi connectivity index (χ4v) is 6.33. The molecule has 1 saturated heterocycles. The fourth-order valence-electron chi connectivity index (χ4n) is 3.74. The minimum Gasteiger partial charge on any atom is -0.493 e. The van der Waals surface area contributed by atoms with Gasteiger partial charge in [-0.05, 0) is 37.1 Å².